The molecule has 168 valence electrons. The lowest BCUT2D eigenvalue weighted by atomic mass is 9.64. The third-order valence-corrected chi connectivity index (χ3v) is 8.57. The summed E-state index contributed by atoms with van der Waals surface area (Å²) in [5.74, 6) is -0.727. The predicted molar refractivity (Wildman–Crippen MR) is 128 cm³/mol. The van der Waals surface area contributed by atoms with Crippen LogP contribution in [0.2, 0.25) is 15.1 Å². The third-order valence-electron chi connectivity index (χ3n) is 7.69. The summed E-state index contributed by atoms with van der Waals surface area (Å²) >= 11 is 18.4. The average Bonchev–Trinajstić information content (AvgIpc) is 3.05. The van der Waals surface area contributed by atoms with E-state index in [0.29, 0.717) is 44.9 Å². The number of carbonyl (C=O) groups excluding carboxylic acids is 2. The lowest BCUT2D eigenvalue weighted by Gasteiger charge is -2.39. The molecule has 2 saturated carbocycles. The van der Waals surface area contributed by atoms with E-state index < -0.39 is 22.2 Å². The van der Waals surface area contributed by atoms with Gasteiger partial charge < -0.3 is 10.2 Å². The highest BCUT2D eigenvalue weighted by Crippen LogP contribution is 2.71. The quantitative estimate of drug-likeness (QED) is 0.368. The van der Waals surface area contributed by atoms with E-state index in [1.165, 1.54) is 0 Å². The molecule has 2 atom stereocenters. The molecule has 0 radical (unpaired) electrons. The first kappa shape index (κ1) is 23.1. The van der Waals surface area contributed by atoms with Crippen LogP contribution in [0.4, 0.5) is 5.69 Å². The first-order valence-corrected chi connectivity index (χ1v) is 11.4. The van der Waals surface area contributed by atoms with Crippen molar-refractivity contribution in [2.24, 2.45) is 21.4 Å². The fraction of sp³-hybridized carbons (Fsp3) is 0.375. The summed E-state index contributed by atoms with van der Waals surface area (Å²) in [5.41, 5.74) is -0.0867. The molecular formula is C24H23Cl3N2O3. The van der Waals surface area contributed by atoms with Gasteiger partial charge in [-0.15, -0.1) is 0 Å². The fourth-order valence-electron chi connectivity index (χ4n) is 5.11. The van der Waals surface area contributed by atoms with E-state index in [9.17, 15) is 9.59 Å². The minimum atomic E-state index is -0.726. The summed E-state index contributed by atoms with van der Waals surface area (Å²) < 4.78 is 0. The molecule has 0 aromatic heterocycles. The van der Waals surface area contributed by atoms with Gasteiger partial charge in [0.15, 0.2) is 0 Å². The van der Waals surface area contributed by atoms with Crippen molar-refractivity contribution in [2.75, 3.05) is 5.32 Å². The SMILES string of the molecule is CC12CCC(C(=O)Nc3c(Cl)cccc3Cl)(CC1=NOC(=O)c1ccc(Cl)cc1)C2(C)C. The average molecular weight is 494 g/mol. The molecule has 2 fully saturated rings. The number of para-hydroxylation sites is 1. The topological polar surface area (TPSA) is 67.8 Å². The fourth-order valence-corrected chi connectivity index (χ4v) is 5.73. The van der Waals surface area contributed by atoms with Crippen molar-refractivity contribution in [3.8, 4) is 0 Å². The van der Waals surface area contributed by atoms with Crippen LogP contribution < -0.4 is 5.32 Å². The molecule has 2 aromatic carbocycles. The molecule has 0 heterocycles. The molecule has 5 nitrogen and oxygen atoms in total. The van der Waals surface area contributed by atoms with Gasteiger partial charge in [0.2, 0.25) is 5.91 Å². The summed E-state index contributed by atoms with van der Waals surface area (Å²) in [6.45, 7) is 6.21. The minimum Gasteiger partial charge on any atom is -0.323 e. The molecule has 8 heteroatoms. The summed E-state index contributed by atoms with van der Waals surface area (Å²) in [6.07, 6.45) is 1.83. The number of anilines is 1. The summed E-state index contributed by atoms with van der Waals surface area (Å²) in [4.78, 5) is 31.3. The van der Waals surface area contributed by atoms with Gasteiger partial charge in [0.1, 0.15) is 0 Å². The molecule has 1 amide bonds. The monoisotopic (exact) mass is 492 g/mol. The van der Waals surface area contributed by atoms with Crippen LogP contribution in [0.15, 0.2) is 47.6 Å². The Morgan fingerprint density at radius 1 is 0.969 bits per heavy atom. The highest BCUT2D eigenvalue weighted by atomic mass is 35.5. The second-order valence-corrected chi connectivity index (χ2v) is 10.4. The van der Waals surface area contributed by atoms with Gasteiger partial charge in [-0.1, -0.05) is 66.8 Å². The lowest BCUT2D eigenvalue weighted by Crippen LogP contribution is -2.43. The molecule has 0 spiro atoms. The van der Waals surface area contributed by atoms with Gasteiger partial charge in [0.05, 0.1) is 32.4 Å². The molecule has 0 saturated heterocycles. The van der Waals surface area contributed by atoms with E-state index in [1.807, 2.05) is 0 Å². The van der Waals surface area contributed by atoms with Crippen molar-refractivity contribution in [2.45, 2.75) is 40.0 Å². The Morgan fingerprint density at radius 2 is 1.59 bits per heavy atom. The molecule has 2 aromatic rings. The zero-order valence-corrected chi connectivity index (χ0v) is 20.2. The number of oxime groups is 1. The number of carbonyl (C=O) groups is 2. The van der Waals surface area contributed by atoms with Crippen molar-refractivity contribution in [3.05, 3.63) is 63.1 Å². The number of fused-ring (bicyclic) bond motifs is 2. The van der Waals surface area contributed by atoms with Gasteiger partial charge in [-0.25, -0.2) is 4.79 Å². The van der Waals surface area contributed by atoms with Crippen LogP contribution >= 0.6 is 34.8 Å². The maximum Gasteiger partial charge on any atom is 0.365 e. The summed E-state index contributed by atoms with van der Waals surface area (Å²) in [5, 5.41) is 8.48. The van der Waals surface area contributed by atoms with Crippen molar-refractivity contribution in [1.82, 2.24) is 0 Å². The molecule has 2 aliphatic carbocycles. The second kappa shape index (κ2) is 8.05. The highest BCUT2D eigenvalue weighted by Gasteiger charge is 2.71. The number of hydrogen-bond donors (Lipinski definition) is 1. The Kier molecular flexibility index (Phi) is 5.81. The van der Waals surface area contributed by atoms with Crippen LogP contribution in [0.25, 0.3) is 0 Å². The largest absolute Gasteiger partial charge is 0.365 e. The van der Waals surface area contributed by atoms with Crippen molar-refractivity contribution in [3.63, 3.8) is 0 Å². The highest BCUT2D eigenvalue weighted by molar-refractivity contribution is 6.39. The number of rotatable bonds is 4. The Labute approximate surface area is 202 Å². The van der Waals surface area contributed by atoms with Crippen LogP contribution in [-0.2, 0) is 9.63 Å². The number of nitrogens with one attached hydrogen (secondary N) is 1. The van der Waals surface area contributed by atoms with Crippen molar-refractivity contribution in [1.29, 1.82) is 0 Å². The van der Waals surface area contributed by atoms with E-state index >= 15 is 0 Å². The van der Waals surface area contributed by atoms with E-state index in [2.05, 4.69) is 31.2 Å². The van der Waals surface area contributed by atoms with Crippen LogP contribution in [0.3, 0.4) is 0 Å². The first-order chi connectivity index (χ1) is 15.0. The van der Waals surface area contributed by atoms with E-state index in [0.717, 1.165) is 6.42 Å². The molecule has 4 rings (SSSR count). The number of amides is 1. The molecule has 2 aliphatic rings. The van der Waals surface area contributed by atoms with E-state index in [4.69, 9.17) is 39.6 Å². The predicted octanol–water partition coefficient (Wildman–Crippen LogP) is 7.01. The van der Waals surface area contributed by atoms with Crippen LogP contribution in [0.1, 0.15) is 50.4 Å². The lowest BCUT2D eigenvalue weighted by molar-refractivity contribution is -0.130. The number of halogens is 3. The third kappa shape index (κ3) is 3.42. The van der Waals surface area contributed by atoms with E-state index in [-0.39, 0.29) is 5.91 Å². The molecule has 0 aliphatic heterocycles. The van der Waals surface area contributed by atoms with Crippen LogP contribution in [-0.4, -0.2) is 17.6 Å². The second-order valence-electron chi connectivity index (χ2n) is 9.19. The zero-order chi connectivity index (χ0) is 23.3. The molecule has 2 bridgehead atoms. The minimum absolute atomic E-state index is 0.157. The van der Waals surface area contributed by atoms with Crippen LogP contribution in [0, 0.1) is 16.2 Å². The summed E-state index contributed by atoms with van der Waals surface area (Å²) in [7, 11) is 0. The smallest absolute Gasteiger partial charge is 0.323 e. The van der Waals surface area contributed by atoms with Gasteiger partial charge >= 0.3 is 5.97 Å². The van der Waals surface area contributed by atoms with Gasteiger partial charge in [-0.2, -0.15) is 0 Å². The molecule has 1 N–H and O–H groups in total. The summed E-state index contributed by atoms with van der Waals surface area (Å²) in [6, 6.07) is 11.5. The van der Waals surface area contributed by atoms with Crippen molar-refractivity contribution < 1.29 is 14.4 Å². The molecule has 32 heavy (non-hydrogen) atoms. The Morgan fingerprint density at radius 3 is 2.22 bits per heavy atom. The normalized spacial score (nSPS) is 26.9. The van der Waals surface area contributed by atoms with Gasteiger partial charge in [0, 0.05) is 16.9 Å². The van der Waals surface area contributed by atoms with Gasteiger partial charge in [-0.3, -0.25) is 4.79 Å². The Balaban J connectivity index is 1.61. The Hall–Kier alpha value is -2.08. The molecule has 2 unspecified atom stereocenters. The molecular weight excluding hydrogens is 471 g/mol. The maximum atomic E-state index is 13.6. The van der Waals surface area contributed by atoms with Crippen LogP contribution in [0.5, 0.6) is 0 Å². The number of nitrogens with zero attached hydrogens (tertiary/aromatic N) is 1. The van der Waals surface area contributed by atoms with Crippen molar-refractivity contribution >= 4 is 58.1 Å². The van der Waals surface area contributed by atoms with Gasteiger partial charge in [-0.05, 0) is 54.7 Å². The maximum absolute atomic E-state index is 13.6. The Bertz CT molecular complexity index is 1110. The van der Waals surface area contributed by atoms with Gasteiger partial charge in [0.25, 0.3) is 0 Å². The zero-order valence-electron chi connectivity index (χ0n) is 18.0. The number of benzene rings is 2. The first-order valence-electron chi connectivity index (χ1n) is 10.3. The van der Waals surface area contributed by atoms with E-state index in [1.54, 1.807) is 42.5 Å². The standard InChI is InChI=1S/C24H23Cl3N2O3/c1-22(2)23(3)11-12-24(22,21(31)28-19-16(26)5-4-6-17(19)27)13-18(23)29-32-20(30)14-7-9-15(25)10-8-14/h4-10H,11-13H2,1-3H3,(H,28,31). The number of hydrogen-bond acceptors (Lipinski definition) is 4.